The van der Waals surface area contributed by atoms with Gasteiger partial charge in [0.25, 0.3) is 0 Å². The van der Waals surface area contributed by atoms with Gasteiger partial charge in [-0.15, -0.1) is 0 Å². The number of ether oxygens (including phenoxy) is 1. The lowest BCUT2D eigenvalue weighted by Crippen LogP contribution is -2.40. The molecule has 4 rings (SSSR count). The van der Waals surface area contributed by atoms with Gasteiger partial charge in [-0.3, -0.25) is 0 Å². The summed E-state index contributed by atoms with van der Waals surface area (Å²) in [7, 11) is -7.47. The first-order chi connectivity index (χ1) is 14.9. The highest BCUT2D eigenvalue weighted by Gasteiger charge is 2.26. The smallest absolute Gasteiger partial charge is 0.243 e. The summed E-state index contributed by atoms with van der Waals surface area (Å²) < 4.78 is 61.4. The Labute approximate surface area is 181 Å². The molecule has 3 aromatic rings. The fourth-order valence-corrected chi connectivity index (χ4v) is 5.60. The number of nitrogens with zero attached hydrogens (tertiary/aromatic N) is 3. The summed E-state index contributed by atoms with van der Waals surface area (Å²) in [6, 6.07) is 14.4. The van der Waals surface area contributed by atoms with Gasteiger partial charge in [0.2, 0.25) is 20.0 Å². The molecule has 11 heteroatoms. The molecule has 0 spiro atoms. The Kier molecular flexibility index (Phi) is 6.21. The van der Waals surface area contributed by atoms with Crippen molar-refractivity contribution >= 4 is 20.0 Å². The third-order valence-electron chi connectivity index (χ3n) is 4.91. The molecule has 1 saturated heterocycles. The molecule has 1 aliphatic rings. The molecule has 164 valence electrons. The van der Waals surface area contributed by atoms with E-state index in [1.54, 1.807) is 10.9 Å². The second kappa shape index (κ2) is 8.89. The molecular formula is C20H22N4O5S2. The van der Waals surface area contributed by atoms with E-state index in [0.29, 0.717) is 13.2 Å². The highest BCUT2D eigenvalue weighted by molar-refractivity contribution is 7.89. The Morgan fingerprint density at radius 3 is 2.16 bits per heavy atom. The van der Waals surface area contributed by atoms with E-state index in [-0.39, 0.29) is 29.4 Å². The van der Waals surface area contributed by atoms with Crippen LogP contribution >= 0.6 is 0 Å². The zero-order valence-electron chi connectivity index (χ0n) is 16.6. The lowest BCUT2D eigenvalue weighted by Gasteiger charge is -2.26. The minimum absolute atomic E-state index is 0.00147. The Morgan fingerprint density at radius 2 is 1.55 bits per heavy atom. The van der Waals surface area contributed by atoms with Gasteiger partial charge in [-0.25, -0.2) is 26.2 Å². The van der Waals surface area contributed by atoms with Crippen molar-refractivity contribution in [2.45, 2.75) is 16.3 Å². The molecule has 1 fully saturated rings. The first kappa shape index (κ1) is 21.7. The van der Waals surface area contributed by atoms with Gasteiger partial charge in [-0.05, 0) is 48.0 Å². The largest absolute Gasteiger partial charge is 0.379 e. The lowest BCUT2D eigenvalue weighted by atomic mass is 10.2. The van der Waals surface area contributed by atoms with Crippen LogP contribution in [0.15, 0.2) is 76.8 Å². The van der Waals surface area contributed by atoms with Crippen LogP contribution in [-0.2, 0) is 31.3 Å². The molecule has 0 bridgehead atoms. The van der Waals surface area contributed by atoms with Crippen molar-refractivity contribution < 1.29 is 21.6 Å². The van der Waals surface area contributed by atoms with Crippen LogP contribution in [0.25, 0.3) is 5.69 Å². The number of hydrogen-bond acceptors (Lipinski definition) is 6. The van der Waals surface area contributed by atoms with Crippen LogP contribution in [0.5, 0.6) is 0 Å². The summed E-state index contributed by atoms with van der Waals surface area (Å²) in [4.78, 5) is 0.0594. The second-order valence-electron chi connectivity index (χ2n) is 6.93. The van der Waals surface area contributed by atoms with Crippen molar-refractivity contribution in [1.82, 2.24) is 18.8 Å². The zero-order valence-corrected chi connectivity index (χ0v) is 18.2. The van der Waals surface area contributed by atoms with Gasteiger partial charge < -0.3 is 4.74 Å². The number of morpholine rings is 1. The third kappa shape index (κ3) is 4.86. The van der Waals surface area contributed by atoms with Crippen LogP contribution in [0, 0.1) is 0 Å². The summed E-state index contributed by atoms with van der Waals surface area (Å²) in [6.45, 7) is 1.36. The number of nitrogens with one attached hydrogen (secondary N) is 1. The number of hydrogen-bond donors (Lipinski definition) is 1. The molecule has 0 atom stereocenters. The minimum atomic E-state index is -3.79. The van der Waals surface area contributed by atoms with Gasteiger partial charge in [0, 0.05) is 32.0 Å². The summed E-state index contributed by atoms with van der Waals surface area (Å²) >= 11 is 0. The molecule has 9 nitrogen and oxygen atoms in total. The van der Waals surface area contributed by atoms with Crippen molar-refractivity contribution in [2.24, 2.45) is 0 Å². The second-order valence-corrected chi connectivity index (χ2v) is 10.6. The van der Waals surface area contributed by atoms with Gasteiger partial charge in [0.05, 0.1) is 28.7 Å². The van der Waals surface area contributed by atoms with Crippen molar-refractivity contribution in [1.29, 1.82) is 0 Å². The van der Waals surface area contributed by atoms with E-state index in [1.807, 2.05) is 36.5 Å². The number of benzene rings is 2. The van der Waals surface area contributed by atoms with E-state index in [1.165, 1.54) is 28.6 Å². The average molecular weight is 463 g/mol. The molecule has 1 aromatic heterocycles. The van der Waals surface area contributed by atoms with Gasteiger partial charge >= 0.3 is 0 Å². The Hall–Kier alpha value is -2.57. The minimum Gasteiger partial charge on any atom is -0.379 e. The van der Waals surface area contributed by atoms with Crippen LogP contribution in [-0.4, -0.2) is 57.2 Å². The van der Waals surface area contributed by atoms with Gasteiger partial charge in [-0.1, -0.05) is 12.1 Å². The number of sulfonamides is 2. The first-order valence-corrected chi connectivity index (χ1v) is 12.6. The van der Waals surface area contributed by atoms with Crippen LogP contribution in [0.1, 0.15) is 5.56 Å². The van der Waals surface area contributed by atoms with Crippen LogP contribution in [0.4, 0.5) is 0 Å². The molecule has 2 aromatic carbocycles. The Morgan fingerprint density at radius 1 is 0.903 bits per heavy atom. The van der Waals surface area contributed by atoms with Gasteiger partial charge in [0.1, 0.15) is 0 Å². The topological polar surface area (TPSA) is 111 Å². The van der Waals surface area contributed by atoms with Crippen molar-refractivity contribution in [2.75, 3.05) is 26.3 Å². The molecule has 0 unspecified atom stereocenters. The fraction of sp³-hybridized carbons (Fsp3) is 0.250. The SMILES string of the molecule is O=S(=O)(NCc1ccc(-n2cccn2)cc1)c1ccc(S(=O)(=O)N2CCOCC2)cc1. The molecule has 1 aliphatic heterocycles. The Balaban J connectivity index is 1.43. The lowest BCUT2D eigenvalue weighted by molar-refractivity contribution is 0.0730. The highest BCUT2D eigenvalue weighted by atomic mass is 32.2. The third-order valence-corrected chi connectivity index (χ3v) is 8.24. The van der Waals surface area contributed by atoms with Crippen LogP contribution < -0.4 is 4.72 Å². The van der Waals surface area contributed by atoms with E-state index < -0.39 is 20.0 Å². The number of aromatic nitrogens is 2. The van der Waals surface area contributed by atoms with Crippen molar-refractivity contribution in [3.63, 3.8) is 0 Å². The maximum atomic E-state index is 12.7. The van der Waals surface area contributed by atoms with E-state index in [0.717, 1.165) is 11.3 Å². The quantitative estimate of drug-likeness (QED) is 0.568. The number of rotatable bonds is 7. The molecule has 0 amide bonds. The molecule has 31 heavy (non-hydrogen) atoms. The van der Waals surface area contributed by atoms with Crippen LogP contribution in [0.3, 0.4) is 0 Å². The average Bonchev–Trinajstić information content (AvgIpc) is 3.34. The normalized spacial score (nSPS) is 15.7. The summed E-state index contributed by atoms with van der Waals surface area (Å²) in [5, 5.41) is 4.15. The summed E-state index contributed by atoms with van der Waals surface area (Å²) in [6.07, 6.45) is 3.50. The van der Waals surface area contributed by atoms with Crippen molar-refractivity contribution in [3.8, 4) is 5.69 Å². The van der Waals surface area contributed by atoms with Crippen LogP contribution in [0.2, 0.25) is 0 Å². The van der Waals surface area contributed by atoms with Gasteiger partial charge in [0.15, 0.2) is 0 Å². The predicted molar refractivity (Wildman–Crippen MR) is 114 cm³/mol. The zero-order chi connectivity index (χ0) is 21.9. The maximum absolute atomic E-state index is 12.7. The maximum Gasteiger partial charge on any atom is 0.243 e. The van der Waals surface area contributed by atoms with E-state index >= 15 is 0 Å². The molecule has 0 aliphatic carbocycles. The summed E-state index contributed by atoms with van der Waals surface area (Å²) in [5.41, 5.74) is 1.65. The monoisotopic (exact) mass is 462 g/mol. The molecule has 2 heterocycles. The van der Waals surface area contributed by atoms with E-state index in [2.05, 4.69) is 9.82 Å². The highest BCUT2D eigenvalue weighted by Crippen LogP contribution is 2.20. The fourth-order valence-electron chi connectivity index (χ4n) is 3.18. The Bertz CT molecular complexity index is 1220. The standard InChI is InChI=1S/C20H22N4O5S2/c25-30(26,22-16-17-2-4-18(5-3-17)24-11-1-10-21-24)19-6-8-20(9-7-19)31(27,28)23-12-14-29-15-13-23/h1-11,22H,12-16H2. The van der Waals surface area contributed by atoms with Crippen molar-refractivity contribution in [3.05, 3.63) is 72.6 Å². The molecule has 1 N–H and O–H groups in total. The van der Waals surface area contributed by atoms with Gasteiger partial charge in [-0.2, -0.15) is 9.40 Å². The predicted octanol–water partition coefficient (Wildman–Crippen LogP) is 1.37. The molecule has 0 radical (unpaired) electrons. The summed E-state index contributed by atoms with van der Waals surface area (Å²) in [5.74, 6) is 0. The van der Waals surface area contributed by atoms with E-state index in [9.17, 15) is 16.8 Å². The first-order valence-electron chi connectivity index (χ1n) is 9.63. The van der Waals surface area contributed by atoms with E-state index in [4.69, 9.17) is 4.74 Å². The molecular weight excluding hydrogens is 440 g/mol. The molecule has 0 saturated carbocycles.